The fraction of sp³-hybridized carbons (Fsp3) is 0.562. The van der Waals surface area contributed by atoms with E-state index in [0.717, 1.165) is 24.6 Å². The third-order valence-electron chi connectivity index (χ3n) is 3.98. The summed E-state index contributed by atoms with van der Waals surface area (Å²) in [6.07, 6.45) is 3.41. The molecule has 19 heavy (non-hydrogen) atoms. The smallest absolute Gasteiger partial charge is 0.156 e. The van der Waals surface area contributed by atoms with Gasteiger partial charge in [0.15, 0.2) is 5.17 Å². The molecule has 1 aromatic carbocycles. The van der Waals surface area contributed by atoms with Crippen LogP contribution in [-0.2, 0) is 6.42 Å². The lowest BCUT2D eigenvalue weighted by Crippen LogP contribution is -2.48. The third-order valence-corrected chi connectivity index (χ3v) is 4.89. The zero-order valence-electron chi connectivity index (χ0n) is 12.2. The number of aryl methyl sites for hydroxylation is 1. The number of aliphatic imine (C=N–C) groups is 1. The fourth-order valence-corrected chi connectivity index (χ4v) is 3.50. The molecule has 1 aromatic rings. The Kier molecular flexibility index (Phi) is 4.92. The highest BCUT2D eigenvalue weighted by Crippen LogP contribution is 2.24. The molecular weight excluding hydrogens is 252 g/mol. The molecule has 0 radical (unpaired) electrons. The van der Waals surface area contributed by atoms with Crippen LogP contribution >= 0.6 is 11.8 Å². The van der Waals surface area contributed by atoms with E-state index >= 15 is 0 Å². The van der Waals surface area contributed by atoms with Gasteiger partial charge in [-0.05, 0) is 44.2 Å². The van der Waals surface area contributed by atoms with Crippen LogP contribution in [0.3, 0.4) is 0 Å². The minimum Gasteiger partial charge on any atom is -0.360 e. The molecule has 2 rings (SSSR count). The summed E-state index contributed by atoms with van der Waals surface area (Å²) in [4.78, 5) is 4.73. The van der Waals surface area contributed by atoms with Crippen molar-refractivity contribution in [2.45, 2.75) is 45.6 Å². The second-order valence-corrected chi connectivity index (χ2v) is 6.58. The Morgan fingerprint density at radius 1 is 1.37 bits per heavy atom. The molecule has 1 N–H and O–H groups in total. The molecule has 0 amide bonds. The van der Waals surface area contributed by atoms with Gasteiger partial charge in [-0.3, -0.25) is 4.99 Å². The number of nitrogens with one attached hydrogen (secondary N) is 1. The van der Waals surface area contributed by atoms with Crippen molar-refractivity contribution < 1.29 is 0 Å². The number of nitrogens with zero attached hydrogens (tertiary/aromatic N) is 1. The van der Waals surface area contributed by atoms with E-state index in [4.69, 9.17) is 4.99 Å². The molecule has 0 saturated carbocycles. The van der Waals surface area contributed by atoms with Gasteiger partial charge in [0.2, 0.25) is 0 Å². The Balaban J connectivity index is 1.91. The van der Waals surface area contributed by atoms with Gasteiger partial charge in [0.1, 0.15) is 0 Å². The summed E-state index contributed by atoms with van der Waals surface area (Å²) in [6.45, 7) is 7.59. The molecule has 0 spiro atoms. The average molecular weight is 276 g/mol. The van der Waals surface area contributed by atoms with Gasteiger partial charge in [0.05, 0.1) is 0 Å². The fourth-order valence-electron chi connectivity index (χ4n) is 2.25. The van der Waals surface area contributed by atoms with Crippen LogP contribution in [0.25, 0.3) is 0 Å². The summed E-state index contributed by atoms with van der Waals surface area (Å²) >= 11 is 1.86. The van der Waals surface area contributed by atoms with Gasteiger partial charge in [-0.2, -0.15) is 0 Å². The van der Waals surface area contributed by atoms with Crippen molar-refractivity contribution in [2.24, 2.45) is 4.99 Å². The summed E-state index contributed by atoms with van der Waals surface area (Å²) in [7, 11) is 0. The molecule has 1 unspecified atom stereocenters. The molecular formula is C16H24N2S. The van der Waals surface area contributed by atoms with Crippen LogP contribution < -0.4 is 5.32 Å². The van der Waals surface area contributed by atoms with Crippen LogP contribution in [0, 0.1) is 6.92 Å². The number of hydrogen-bond acceptors (Lipinski definition) is 2. The first-order chi connectivity index (χ1) is 9.13. The molecule has 2 nitrogen and oxygen atoms in total. The molecule has 0 aliphatic carbocycles. The molecule has 3 heteroatoms. The maximum absolute atomic E-state index is 4.73. The van der Waals surface area contributed by atoms with E-state index in [0.29, 0.717) is 0 Å². The van der Waals surface area contributed by atoms with Crippen LogP contribution in [0.15, 0.2) is 29.3 Å². The summed E-state index contributed by atoms with van der Waals surface area (Å²) in [5.74, 6) is 1.18. The van der Waals surface area contributed by atoms with Crippen molar-refractivity contribution in [3.05, 3.63) is 35.4 Å². The first-order valence-electron chi connectivity index (χ1n) is 7.13. The van der Waals surface area contributed by atoms with E-state index in [1.165, 1.54) is 23.3 Å². The monoisotopic (exact) mass is 276 g/mol. The average Bonchev–Trinajstić information content (AvgIpc) is 2.41. The number of benzene rings is 1. The molecule has 1 heterocycles. The molecule has 104 valence electrons. The number of hydrogen-bond donors (Lipinski definition) is 1. The van der Waals surface area contributed by atoms with Gasteiger partial charge >= 0.3 is 0 Å². The van der Waals surface area contributed by atoms with Crippen molar-refractivity contribution in [2.75, 3.05) is 12.3 Å². The van der Waals surface area contributed by atoms with Gasteiger partial charge in [0.25, 0.3) is 0 Å². The summed E-state index contributed by atoms with van der Waals surface area (Å²) in [6, 6.07) is 8.57. The second kappa shape index (κ2) is 6.47. The summed E-state index contributed by atoms with van der Waals surface area (Å²) < 4.78 is 0. The van der Waals surface area contributed by atoms with Gasteiger partial charge < -0.3 is 5.32 Å². The van der Waals surface area contributed by atoms with Crippen molar-refractivity contribution in [3.63, 3.8) is 0 Å². The standard InChI is InChI=1S/C16H24N2S/c1-4-16(3)10-12-19-15(18-16)17-11-9-14-8-6-5-7-13(14)2/h5-8H,4,9-12H2,1-3H3,(H,17,18). The lowest BCUT2D eigenvalue weighted by Gasteiger charge is -2.35. The largest absolute Gasteiger partial charge is 0.360 e. The molecule has 0 aromatic heterocycles. The van der Waals surface area contributed by atoms with Gasteiger partial charge in [-0.25, -0.2) is 0 Å². The molecule has 1 atom stereocenters. The topological polar surface area (TPSA) is 24.4 Å². The third kappa shape index (κ3) is 4.00. The number of thioether (sulfide) groups is 1. The Morgan fingerprint density at radius 3 is 2.89 bits per heavy atom. The van der Waals surface area contributed by atoms with Crippen LogP contribution in [0.5, 0.6) is 0 Å². The quantitative estimate of drug-likeness (QED) is 0.905. The summed E-state index contributed by atoms with van der Waals surface area (Å²) in [5, 5.41) is 4.72. The second-order valence-electron chi connectivity index (χ2n) is 5.50. The van der Waals surface area contributed by atoms with Crippen molar-refractivity contribution in [3.8, 4) is 0 Å². The van der Waals surface area contributed by atoms with Gasteiger partial charge in [-0.15, -0.1) is 0 Å². The molecule has 1 aliphatic heterocycles. The molecule has 1 aliphatic rings. The normalized spacial score (nSPS) is 25.3. The van der Waals surface area contributed by atoms with E-state index in [2.05, 4.69) is 50.4 Å². The highest BCUT2D eigenvalue weighted by Gasteiger charge is 2.27. The maximum Gasteiger partial charge on any atom is 0.156 e. The van der Waals surface area contributed by atoms with E-state index in [1.54, 1.807) is 0 Å². The van der Waals surface area contributed by atoms with Crippen LogP contribution in [0.4, 0.5) is 0 Å². The SMILES string of the molecule is CCC1(C)CCSC(=NCCc2ccccc2C)N1. The highest BCUT2D eigenvalue weighted by molar-refractivity contribution is 8.13. The zero-order valence-corrected chi connectivity index (χ0v) is 13.0. The number of amidine groups is 1. The Labute approximate surface area is 121 Å². The number of rotatable bonds is 4. The first-order valence-corrected chi connectivity index (χ1v) is 8.11. The van der Waals surface area contributed by atoms with Gasteiger partial charge in [-0.1, -0.05) is 43.0 Å². The van der Waals surface area contributed by atoms with Crippen molar-refractivity contribution in [1.29, 1.82) is 0 Å². The zero-order chi connectivity index (χ0) is 13.7. The van der Waals surface area contributed by atoms with E-state index in [1.807, 2.05) is 11.8 Å². The predicted molar refractivity (Wildman–Crippen MR) is 86.1 cm³/mol. The van der Waals surface area contributed by atoms with E-state index in [9.17, 15) is 0 Å². The van der Waals surface area contributed by atoms with Crippen molar-refractivity contribution in [1.82, 2.24) is 5.32 Å². The van der Waals surface area contributed by atoms with E-state index in [-0.39, 0.29) is 5.54 Å². The minimum atomic E-state index is 0.243. The molecule has 0 bridgehead atoms. The first kappa shape index (κ1) is 14.4. The Bertz CT molecular complexity index is 456. The van der Waals surface area contributed by atoms with Gasteiger partial charge in [0, 0.05) is 17.8 Å². The highest BCUT2D eigenvalue weighted by atomic mass is 32.2. The lowest BCUT2D eigenvalue weighted by atomic mass is 9.96. The van der Waals surface area contributed by atoms with E-state index < -0.39 is 0 Å². The van der Waals surface area contributed by atoms with Crippen LogP contribution in [0.1, 0.15) is 37.8 Å². The summed E-state index contributed by atoms with van der Waals surface area (Å²) in [5.41, 5.74) is 3.02. The van der Waals surface area contributed by atoms with Crippen molar-refractivity contribution >= 4 is 16.9 Å². The predicted octanol–water partition coefficient (Wildman–Crippen LogP) is 3.79. The molecule has 1 fully saturated rings. The maximum atomic E-state index is 4.73. The Hall–Kier alpha value is -0.960. The minimum absolute atomic E-state index is 0.243. The van der Waals surface area contributed by atoms with Crippen LogP contribution in [-0.4, -0.2) is 23.0 Å². The lowest BCUT2D eigenvalue weighted by molar-refractivity contribution is 0.390. The molecule has 1 saturated heterocycles. The van der Waals surface area contributed by atoms with Crippen LogP contribution in [0.2, 0.25) is 0 Å². The Morgan fingerprint density at radius 2 is 2.16 bits per heavy atom.